The Morgan fingerprint density at radius 1 is 1.13 bits per heavy atom. The lowest BCUT2D eigenvalue weighted by Gasteiger charge is -2.13. The summed E-state index contributed by atoms with van der Waals surface area (Å²) in [6.45, 7) is 6.58. The van der Waals surface area contributed by atoms with Crippen LogP contribution >= 0.6 is 11.6 Å². The molecule has 0 unspecified atom stereocenters. The molecule has 1 aromatic carbocycles. The van der Waals surface area contributed by atoms with Crippen LogP contribution in [0, 0.1) is 0 Å². The lowest BCUT2D eigenvalue weighted by molar-refractivity contribution is -0.134. The zero-order valence-electron chi connectivity index (χ0n) is 13.4. The average Bonchev–Trinajstić information content (AvgIpc) is 2.47. The number of benzene rings is 1. The number of carbonyl (C=O) groups is 2. The highest BCUT2D eigenvalue weighted by atomic mass is 35.5. The smallest absolute Gasteiger partial charge is 0.341 e. The molecule has 0 aliphatic rings. The lowest BCUT2D eigenvalue weighted by Crippen LogP contribution is -2.22. The first-order valence-corrected chi connectivity index (χ1v) is 7.72. The molecule has 5 nitrogen and oxygen atoms in total. The van der Waals surface area contributed by atoms with Gasteiger partial charge in [0.2, 0.25) is 0 Å². The molecule has 0 saturated carbocycles. The van der Waals surface area contributed by atoms with Gasteiger partial charge in [0.25, 0.3) is 0 Å². The van der Waals surface area contributed by atoms with Crippen molar-refractivity contribution < 1.29 is 14.7 Å². The predicted molar refractivity (Wildman–Crippen MR) is 92.1 cm³/mol. The molecule has 0 atom stereocenters. The van der Waals surface area contributed by atoms with E-state index in [0.717, 1.165) is 0 Å². The van der Waals surface area contributed by atoms with E-state index in [4.69, 9.17) is 11.6 Å². The molecule has 0 aliphatic heterocycles. The second-order valence-corrected chi connectivity index (χ2v) is 5.25. The van der Waals surface area contributed by atoms with Crippen LogP contribution in [0.25, 0.3) is 5.70 Å². The Morgan fingerprint density at radius 2 is 1.70 bits per heavy atom. The summed E-state index contributed by atoms with van der Waals surface area (Å²) < 4.78 is 0. The molecule has 0 bridgehead atoms. The van der Waals surface area contributed by atoms with E-state index in [2.05, 4.69) is 10.6 Å². The van der Waals surface area contributed by atoms with Crippen molar-refractivity contribution in [1.82, 2.24) is 10.6 Å². The van der Waals surface area contributed by atoms with Crippen molar-refractivity contribution in [3.05, 3.63) is 52.2 Å². The standard InChI is InChI=1S/C17H21ClN2O3/c1-4-19-11(3)10-14(21)15(17(22)23)16(20-5-2)12-6-8-13(18)9-7-12/h6-10,19-20H,4-5H2,1-3H3,(H,22,23)/b11-10?,16-15-. The van der Waals surface area contributed by atoms with Crippen LogP contribution in [0.4, 0.5) is 0 Å². The SMILES string of the molecule is CCNC(C)=CC(=O)/C(C(=O)O)=C(/NCC)c1ccc(Cl)cc1. The molecule has 0 spiro atoms. The number of carbonyl (C=O) groups excluding carboxylic acids is 1. The summed E-state index contributed by atoms with van der Waals surface area (Å²) >= 11 is 5.86. The van der Waals surface area contributed by atoms with E-state index < -0.39 is 11.8 Å². The van der Waals surface area contributed by atoms with Crippen LogP contribution in [0.3, 0.4) is 0 Å². The van der Waals surface area contributed by atoms with Crippen LogP contribution < -0.4 is 10.6 Å². The van der Waals surface area contributed by atoms with E-state index in [9.17, 15) is 14.7 Å². The van der Waals surface area contributed by atoms with Gasteiger partial charge in [0, 0.05) is 29.9 Å². The van der Waals surface area contributed by atoms with Gasteiger partial charge in [-0.1, -0.05) is 23.7 Å². The van der Waals surface area contributed by atoms with Gasteiger partial charge in [0.15, 0.2) is 5.78 Å². The molecule has 1 aromatic rings. The molecule has 0 saturated heterocycles. The van der Waals surface area contributed by atoms with Gasteiger partial charge in [-0.3, -0.25) is 4.79 Å². The summed E-state index contributed by atoms with van der Waals surface area (Å²) in [6, 6.07) is 6.66. The van der Waals surface area contributed by atoms with Gasteiger partial charge < -0.3 is 15.7 Å². The lowest BCUT2D eigenvalue weighted by atomic mass is 10.0. The number of allylic oxidation sites excluding steroid dienone is 2. The Balaban J connectivity index is 3.40. The Hall–Kier alpha value is -2.27. The maximum Gasteiger partial charge on any atom is 0.341 e. The largest absolute Gasteiger partial charge is 0.477 e. The summed E-state index contributed by atoms with van der Waals surface area (Å²) in [6.07, 6.45) is 1.29. The Labute approximate surface area is 141 Å². The van der Waals surface area contributed by atoms with Crippen LogP contribution in [0.2, 0.25) is 5.02 Å². The molecular formula is C17H21ClN2O3. The van der Waals surface area contributed by atoms with E-state index in [-0.39, 0.29) is 11.3 Å². The average molecular weight is 337 g/mol. The highest BCUT2D eigenvalue weighted by molar-refractivity contribution is 6.30. The molecule has 124 valence electrons. The molecule has 0 fully saturated rings. The topological polar surface area (TPSA) is 78.4 Å². The van der Waals surface area contributed by atoms with Crippen LogP contribution in [0.1, 0.15) is 26.3 Å². The second-order valence-electron chi connectivity index (χ2n) is 4.81. The number of carboxylic acid groups (broad SMARTS) is 1. The normalized spacial score (nSPS) is 12.4. The minimum absolute atomic E-state index is 0.280. The third-order valence-corrected chi connectivity index (χ3v) is 3.25. The molecule has 1 rings (SSSR count). The number of carboxylic acids is 1. The molecule has 0 amide bonds. The molecule has 23 heavy (non-hydrogen) atoms. The molecule has 3 N–H and O–H groups in total. The van der Waals surface area contributed by atoms with Crippen molar-refractivity contribution >= 4 is 29.1 Å². The molecule has 0 aromatic heterocycles. The molecule has 0 radical (unpaired) electrons. The molecular weight excluding hydrogens is 316 g/mol. The van der Waals surface area contributed by atoms with E-state index in [1.165, 1.54) is 6.08 Å². The Bertz CT molecular complexity index is 634. The summed E-state index contributed by atoms with van der Waals surface area (Å²) in [5.74, 6) is -1.84. The summed E-state index contributed by atoms with van der Waals surface area (Å²) in [5.41, 5.74) is 1.19. The van der Waals surface area contributed by atoms with Crippen molar-refractivity contribution in [1.29, 1.82) is 0 Å². The van der Waals surface area contributed by atoms with Gasteiger partial charge in [-0.25, -0.2) is 4.79 Å². The molecule has 6 heteroatoms. The first-order chi connectivity index (χ1) is 10.9. The zero-order valence-corrected chi connectivity index (χ0v) is 14.2. The maximum atomic E-state index is 12.4. The third kappa shape index (κ3) is 5.45. The van der Waals surface area contributed by atoms with Crippen LogP contribution in [-0.2, 0) is 9.59 Å². The van der Waals surface area contributed by atoms with Gasteiger partial charge in [0.1, 0.15) is 5.57 Å². The van der Waals surface area contributed by atoms with Crippen molar-refractivity contribution in [2.75, 3.05) is 13.1 Å². The monoisotopic (exact) mass is 336 g/mol. The van der Waals surface area contributed by atoms with Gasteiger partial charge in [-0.15, -0.1) is 0 Å². The second kappa shape index (κ2) is 9.00. The number of hydrogen-bond acceptors (Lipinski definition) is 4. The highest BCUT2D eigenvalue weighted by Gasteiger charge is 2.22. The van der Waals surface area contributed by atoms with E-state index >= 15 is 0 Å². The third-order valence-electron chi connectivity index (χ3n) is 3.00. The maximum absolute atomic E-state index is 12.4. The zero-order chi connectivity index (χ0) is 17.4. The number of halogens is 1. The number of aliphatic carboxylic acids is 1. The molecule has 0 aliphatic carbocycles. The van der Waals surface area contributed by atoms with Crippen molar-refractivity contribution in [2.45, 2.75) is 20.8 Å². The van der Waals surface area contributed by atoms with Crippen LogP contribution in [-0.4, -0.2) is 29.9 Å². The quantitative estimate of drug-likeness (QED) is 0.386. The fraction of sp³-hybridized carbons (Fsp3) is 0.294. The minimum atomic E-state index is -1.28. The van der Waals surface area contributed by atoms with Gasteiger partial charge in [-0.05, 0) is 38.5 Å². The number of hydrogen-bond donors (Lipinski definition) is 3. The van der Waals surface area contributed by atoms with Gasteiger partial charge in [-0.2, -0.15) is 0 Å². The van der Waals surface area contributed by atoms with Crippen LogP contribution in [0.5, 0.6) is 0 Å². The fourth-order valence-corrected chi connectivity index (χ4v) is 2.19. The number of nitrogens with one attached hydrogen (secondary N) is 2. The first kappa shape index (κ1) is 18.8. The number of rotatable bonds is 8. The highest BCUT2D eigenvalue weighted by Crippen LogP contribution is 2.20. The van der Waals surface area contributed by atoms with Crippen molar-refractivity contribution in [3.8, 4) is 0 Å². The first-order valence-electron chi connectivity index (χ1n) is 7.34. The summed E-state index contributed by atoms with van der Waals surface area (Å²) in [4.78, 5) is 24.0. The Morgan fingerprint density at radius 3 is 2.17 bits per heavy atom. The minimum Gasteiger partial charge on any atom is -0.477 e. The Kier molecular flexibility index (Phi) is 7.35. The van der Waals surface area contributed by atoms with Crippen molar-refractivity contribution in [2.24, 2.45) is 0 Å². The number of ketones is 1. The summed E-state index contributed by atoms with van der Waals surface area (Å²) in [5, 5.41) is 16.0. The predicted octanol–water partition coefficient (Wildman–Crippen LogP) is 2.83. The van der Waals surface area contributed by atoms with E-state index in [0.29, 0.717) is 29.4 Å². The van der Waals surface area contributed by atoms with E-state index in [1.54, 1.807) is 31.2 Å². The van der Waals surface area contributed by atoms with Crippen molar-refractivity contribution in [3.63, 3.8) is 0 Å². The van der Waals surface area contributed by atoms with Gasteiger partial charge >= 0.3 is 5.97 Å². The van der Waals surface area contributed by atoms with E-state index in [1.807, 2.05) is 13.8 Å². The van der Waals surface area contributed by atoms with Crippen LogP contribution in [0.15, 0.2) is 41.6 Å². The molecule has 0 heterocycles. The summed E-state index contributed by atoms with van der Waals surface area (Å²) in [7, 11) is 0. The fourth-order valence-electron chi connectivity index (χ4n) is 2.06. The van der Waals surface area contributed by atoms with Gasteiger partial charge in [0.05, 0.1) is 5.70 Å².